The average molecular weight is 415 g/mol. The van der Waals surface area contributed by atoms with Crippen LogP contribution in [0.2, 0.25) is 0 Å². The molecule has 1 unspecified atom stereocenters. The summed E-state index contributed by atoms with van der Waals surface area (Å²) in [5, 5.41) is 11.4. The number of likely N-dealkylation sites (N-methyl/N-ethyl adjacent to an activating group) is 1. The zero-order valence-electron chi connectivity index (χ0n) is 17.9. The van der Waals surface area contributed by atoms with Crippen LogP contribution in [-0.4, -0.2) is 39.2 Å². The maximum atomic E-state index is 13.2. The van der Waals surface area contributed by atoms with Crippen LogP contribution < -0.4 is 5.56 Å². The normalized spacial score (nSPS) is 20.6. The van der Waals surface area contributed by atoms with Crippen LogP contribution in [0.4, 0.5) is 0 Å². The zero-order chi connectivity index (χ0) is 22.3. The van der Waals surface area contributed by atoms with Crippen molar-refractivity contribution in [2.24, 2.45) is 4.99 Å². The van der Waals surface area contributed by atoms with Crippen LogP contribution in [0.5, 0.6) is 5.75 Å². The van der Waals surface area contributed by atoms with E-state index in [0.717, 1.165) is 5.56 Å². The first kappa shape index (κ1) is 20.8. The summed E-state index contributed by atoms with van der Waals surface area (Å²) in [7, 11) is 1.88. The van der Waals surface area contributed by atoms with E-state index in [0.29, 0.717) is 23.2 Å². The molecule has 0 amide bonds. The highest BCUT2D eigenvalue weighted by Gasteiger charge is 2.42. The van der Waals surface area contributed by atoms with Crippen molar-refractivity contribution in [3.8, 4) is 5.75 Å². The minimum absolute atomic E-state index is 0.0267. The number of aromatic nitrogens is 1. The molecule has 1 aromatic heterocycles. The molecule has 2 atom stereocenters. The van der Waals surface area contributed by atoms with Crippen LogP contribution in [-0.2, 0) is 11.3 Å². The first-order valence-electron chi connectivity index (χ1n) is 10.3. The van der Waals surface area contributed by atoms with Crippen molar-refractivity contribution < 1.29 is 9.90 Å². The number of carbonyl (C=O) groups is 1. The molecule has 1 N–H and O–H groups in total. The van der Waals surface area contributed by atoms with Gasteiger partial charge in [-0.3, -0.25) is 14.5 Å². The van der Waals surface area contributed by atoms with E-state index in [1.165, 1.54) is 0 Å². The number of benzene rings is 2. The standard InChI is InChI=1S/C25H25N3O3/c1-5-28-19-14-10-9-13-18(19)23(29)20(25(28)31)15(2)26-21-16(3)27(4)22(24(21)30)17-11-7-6-8-12-17/h6-14,16,22,29H,2,5H2,1,3-4H3/t16?,22-/m1/s1. The summed E-state index contributed by atoms with van der Waals surface area (Å²) in [6.45, 7) is 8.15. The Balaban J connectivity index is 1.82. The van der Waals surface area contributed by atoms with Gasteiger partial charge in [-0.15, -0.1) is 0 Å². The molecule has 1 fully saturated rings. The molecule has 2 aromatic carbocycles. The quantitative estimate of drug-likeness (QED) is 0.704. The van der Waals surface area contributed by atoms with Gasteiger partial charge < -0.3 is 9.67 Å². The van der Waals surface area contributed by atoms with Crippen LogP contribution in [0, 0.1) is 0 Å². The molecule has 2 heterocycles. The van der Waals surface area contributed by atoms with Gasteiger partial charge in [0.05, 0.1) is 17.3 Å². The molecule has 6 nitrogen and oxygen atoms in total. The molecule has 3 aromatic rings. The van der Waals surface area contributed by atoms with E-state index in [-0.39, 0.29) is 34.4 Å². The number of aromatic hydroxyl groups is 1. The van der Waals surface area contributed by atoms with Crippen molar-refractivity contribution >= 4 is 28.1 Å². The molecule has 0 bridgehead atoms. The fraction of sp³-hybridized carbons (Fsp3) is 0.240. The third kappa shape index (κ3) is 3.29. The van der Waals surface area contributed by atoms with Gasteiger partial charge in [0, 0.05) is 11.9 Å². The van der Waals surface area contributed by atoms with Crippen LogP contribution in [0.25, 0.3) is 16.6 Å². The topological polar surface area (TPSA) is 74.9 Å². The third-order valence-electron chi connectivity index (χ3n) is 6.04. The Hall–Kier alpha value is -3.51. The highest BCUT2D eigenvalue weighted by Crippen LogP contribution is 2.34. The van der Waals surface area contributed by atoms with Gasteiger partial charge in [-0.25, -0.2) is 4.99 Å². The van der Waals surface area contributed by atoms with Crippen molar-refractivity contribution in [3.63, 3.8) is 0 Å². The summed E-state index contributed by atoms with van der Waals surface area (Å²) in [4.78, 5) is 32.8. The summed E-state index contributed by atoms with van der Waals surface area (Å²) in [5.41, 5.74) is 1.60. The summed E-state index contributed by atoms with van der Waals surface area (Å²) in [6, 6.07) is 16.0. The first-order valence-corrected chi connectivity index (χ1v) is 10.3. The van der Waals surface area contributed by atoms with Gasteiger partial charge in [-0.05, 0) is 38.6 Å². The molecule has 0 aliphatic carbocycles. The van der Waals surface area contributed by atoms with Crippen molar-refractivity contribution in [1.82, 2.24) is 9.47 Å². The molecular weight excluding hydrogens is 390 g/mol. The SMILES string of the molecule is C=C(N=C1C(=O)[C@@H](c2ccccc2)N(C)C1C)c1c(O)c2ccccc2n(CC)c1=O. The number of ketones is 1. The Bertz CT molecular complexity index is 1270. The predicted octanol–water partition coefficient (Wildman–Crippen LogP) is 3.78. The zero-order valence-corrected chi connectivity index (χ0v) is 17.9. The smallest absolute Gasteiger partial charge is 0.264 e. The largest absolute Gasteiger partial charge is 0.506 e. The number of carbonyl (C=O) groups excluding carboxylic acids is 1. The number of hydrogen-bond acceptors (Lipinski definition) is 5. The molecule has 158 valence electrons. The fourth-order valence-corrected chi connectivity index (χ4v) is 4.28. The van der Waals surface area contributed by atoms with Crippen LogP contribution >= 0.6 is 0 Å². The molecule has 1 saturated heterocycles. The second-order valence-corrected chi connectivity index (χ2v) is 7.75. The minimum Gasteiger partial charge on any atom is -0.506 e. The number of aliphatic imine (C=N–C) groups is 1. The maximum Gasteiger partial charge on any atom is 0.264 e. The summed E-state index contributed by atoms with van der Waals surface area (Å²) >= 11 is 0. The van der Waals surface area contributed by atoms with Gasteiger partial charge in [0.15, 0.2) is 5.78 Å². The van der Waals surface area contributed by atoms with Gasteiger partial charge in [-0.1, -0.05) is 49.0 Å². The van der Waals surface area contributed by atoms with Crippen molar-refractivity contribution in [1.29, 1.82) is 0 Å². The number of aryl methyl sites for hydroxylation is 1. The predicted molar refractivity (Wildman–Crippen MR) is 123 cm³/mol. The molecule has 6 heteroatoms. The van der Waals surface area contributed by atoms with Gasteiger partial charge in [0.2, 0.25) is 0 Å². The number of fused-ring (bicyclic) bond motifs is 1. The van der Waals surface area contributed by atoms with Crippen molar-refractivity contribution in [2.75, 3.05) is 7.05 Å². The maximum absolute atomic E-state index is 13.2. The van der Waals surface area contributed by atoms with Crippen LogP contribution in [0.15, 0.2) is 71.0 Å². The van der Waals surface area contributed by atoms with Gasteiger partial charge in [0.1, 0.15) is 23.1 Å². The molecular formula is C25H25N3O3. The summed E-state index contributed by atoms with van der Waals surface area (Å²) in [5.74, 6) is -0.288. The second kappa shape index (κ2) is 7.96. The number of Topliss-reactive ketones (excluding diaryl/α,β-unsaturated/α-hetero) is 1. The van der Waals surface area contributed by atoms with E-state index >= 15 is 0 Å². The molecule has 0 radical (unpaired) electrons. The molecule has 31 heavy (non-hydrogen) atoms. The lowest BCUT2D eigenvalue weighted by molar-refractivity contribution is -0.115. The molecule has 0 saturated carbocycles. The van der Waals surface area contributed by atoms with E-state index < -0.39 is 6.04 Å². The van der Waals surface area contributed by atoms with Crippen molar-refractivity contribution in [2.45, 2.75) is 32.5 Å². The van der Waals surface area contributed by atoms with Crippen molar-refractivity contribution in [3.05, 3.63) is 82.7 Å². The van der Waals surface area contributed by atoms with E-state index in [1.54, 1.807) is 22.8 Å². The lowest BCUT2D eigenvalue weighted by atomic mass is 10.0. The van der Waals surface area contributed by atoms with Gasteiger partial charge in [-0.2, -0.15) is 0 Å². The van der Waals surface area contributed by atoms with E-state index in [9.17, 15) is 14.7 Å². The van der Waals surface area contributed by atoms with E-state index in [1.807, 2.05) is 62.2 Å². The van der Waals surface area contributed by atoms with Gasteiger partial charge in [0.25, 0.3) is 5.56 Å². The van der Waals surface area contributed by atoms with Crippen LogP contribution in [0.3, 0.4) is 0 Å². The number of pyridine rings is 1. The van der Waals surface area contributed by atoms with E-state index in [4.69, 9.17) is 0 Å². The fourth-order valence-electron chi connectivity index (χ4n) is 4.28. The van der Waals surface area contributed by atoms with Crippen LogP contribution in [0.1, 0.15) is 31.0 Å². The summed E-state index contributed by atoms with van der Waals surface area (Å²) in [6.07, 6.45) is 0. The molecule has 0 spiro atoms. The number of hydrogen-bond donors (Lipinski definition) is 1. The summed E-state index contributed by atoms with van der Waals surface area (Å²) < 4.78 is 1.58. The number of rotatable bonds is 4. The Labute approximate surface area is 180 Å². The number of likely N-dealkylation sites (tertiary alicyclic amines) is 1. The number of nitrogens with zero attached hydrogens (tertiary/aromatic N) is 3. The Morgan fingerprint density at radius 1 is 1.10 bits per heavy atom. The minimum atomic E-state index is -0.444. The Morgan fingerprint density at radius 3 is 2.42 bits per heavy atom. The highest BCUT2D eigenvalue weighted by atomic mass is 16.3. The highest BCUT2D eigenvalue weighted by molar-refractivity contribution is 6.46. The third-order valence-corrected chi connectivity index (χ3v) is 6.04. The van der Waals surface area contributed by atoms with E-state index in [2.05, 4.69) is 11.6 Å². The lowest BCUT2D eigenvalue weighted by Crippen LogP contribution is -2.28. The Kier molecular flexibility index (Phi) is 5.33. The average Bonchev–Trinajstić information content (AvgIpc) is 2.98. The second-order valence-electron chi connectivity index (χ2n) is 7.75. The van der Waals surface area contributed by atoms with Gasteiger partial charge >= 0.3 is 0 Å². The first-order chi connectivity index (χ1) is 14.9. The number of para-hydroxylation sites is 1. The monoisotopic (exact) mass is 415 g/mol. The Morgan fingerprint density at radius 2 is 1.74 bits per heavy atom. The molecule has 4 rings (SSSR count). The molecule has 1 aliphatic heterocycles. The molecule has 1 aliphatic rings. The lowest BCUT2D eigenvalue weighted by Gasteiger charge is -2.21.